The maximum Gasteiger partial charge on any atom is 0.416 e. The summed E-state index contributed by atoms with van der Waals surface area (Å²) in [6, 6.07) is 8.95. The van der Waals surface area contributed by atoms with Crippen molar-refractivity contribution in [3.8, 4) is 0 Å². The number of thioether (sulfide) groups is 1. The lowest BCUT2D eigenvalue weighted by atomic mass is 10.0. The van der Waals surface area contributed by atoms with E-state index >= 15 is 0 Å². The fraction of sp³-hybridized carbons (Fsp3) is 0.333. The monoisotopic (exact) mass is 422 g/mol. The van der Waals surface area contributed by atoms with Crippen LogP contribution in [0.1, 0.15) is 37.0 Å². The molecule has 4 nitrogen and oxygen atoms in total. The van der Waals surface area contributed by atoms with Crippen LogP contribution in [-0.2, 0) is 28.6 Å². The number of benzene rings is 2. The molecule has 0 spiro atoms. The third-order valence-electron chi connectivity index (χ3n) is 4.78. The van der Waals surface area contributed by atoms with Gasteiger partial charge in [-0.05, 0) is 48.2 Å². The van der Waals surface area contributed by atoms with E-state index in [0.29, 0.717) is 4.90 Å². The first-order valence-corrected chi connectivity index (χ1v) is 10.2. The molecule has 2 N–H and O–H groups in total. The largest absolute Gasteiger partial charge is 0.416 e. The van der Waals surface area contributed by atoms with E-state index in [1.54, 1.807) is 0 Å². The molecule has 0 unspecified atom stereocenters. The highest BCUT2D eigenvalue weighted by Gasteiger charge is 2.34. The first kappa shape index (κ1) is 21.2. The van der Waals surface area contributed by atoms with Crippen molar-refractivity contribution < 1.29 is 22.8 Å². The number of halogens is 3. The number of fused-ring (bicyclic) bond motifs is 1. The minimum atomic E-state index is -4.48. The van der Waals surface area contributed by atoms with Crippen molar-refractivity contribution in [1.82, 2.24) is 0 Å². The first-order valence-electron chi connectivity index (χ1n) is 9.32. The van der Waals surface area contributed by atoms with E-state index in [2.05, 4.69) is 10.6 Å². The highest BCUT2D eigenvalue weighted by atomic mass is 32.2. The lowest BCUT2D eigenvalue weighted by Crippen LogP contribution is -2.32. The number of anilines is 2. The van der Waals surface area contributed by atoms with E-state index in [4.69, 9.17) is 0 Å². The van der Waals surface area contributed by atoms with Crippen LogP contribution in [0.5, 0.6) is 0 Å². The zero-order valence-corrected chi connectivity index (χ0v) is 16.8. The highest BCUT2D eigenvalue weighted by Crippen LogP contribution is 2.40. The van der Waals surface area contributed by atoms with Gasteiger partial charge in [-0.15, -0.1) is 11.8 Å². The summed E-state index contributed by atoms with van der Waals surface area (Å²) in [6.45, 7) is 4.06. The summed E-state index contributed by atoms with van der Waals surface area (Å²) in [6.07, 6.45) is -2.93. The number of amides is 2. The summed E-state index contributed by atoms with van der Waals surface area (Å²) in [7, 11) is 0. The van der Waals surface area contributed by atoms with Crippen LogP contribution in [0, 0.1) is 0 Å². The molecule has 2 aromatic carbocycles. The molecule has 1 heterocycles. The Kier molecular flexibility index (Phi) is 6.21. The minimum absolute atomic E-state index is 0.0729. The third kappa shape index (κ3) is 4.75. The van der Waals surface area contributed by atoms with Crippen molar-refractivity contribution in [2.75, 3.05) is 10.6 Å². The molecule has 0 aromatic heterocycles. The van der Waals surface area contributed by atoms with Crippen LogP contribution in [0.3, 0.4) is 0 Å². The van der Waals surface area contributed by atoms with E-state index in [-0.39, 0.29) is 18.0 Å². The van der Waals surface area contributed by atoms with Gasteiger partial charge in [-0.3, -0.25) is 9.59 Å². The van der Waals surface area contributed by atoms with Crippen LogP contribution in [-0.4, -0.2) is 17.1 Å². The van der Waals surface area contributed by atoms with Gasteiger partial charge in [0.05, 0.1) is 16.5 Å². The van der Waals surface area contributed by atoms with Crippen LogP contribution >= 0.6 is 11.8 Å². The van der Waals surface area contributed by atoms with Crippen LogP contribution in [0.4, 0.5) is 24.5 Å². The van der Waals surface area contributed by atoms with Crippen molar-refractivity contribution in [2.45, 2.75) is 49.4 Å². The van der Waals surface area contributed by atoms with E-state index < -0.39 is 22.9 Å². The molecule has 8 heteroatoms. The molecule has 3 rings (SSSR count). The normalized spacial score (nSPS) is 16.2. The zero-order chi connectivity index (χ0) is 21.2. The smallest absolute Gasteiger partial charge is 0.326 e. The number of aryl methyl sites for hydroxylation is 1. The summed E-state index contributed by atoms with van der Waals surface area (Å²) in [5, 5.41) is 4.66. The van der Waals surface area contributed by atoms with Gasteiger partial charge in [0.15, 0.2) is 0 Å². The van der Waals surface area contributed by atoms with Gasteiger partial charge in [-0.1, -0.05) is 26.0 Å². The zero-order valence-electron chi connectivity index (χ0n) is 16.0. The summed E-state index contributed by atoms with van der Waals surface area (Å²) in [5.74, 6) is -0.786. The second-order valence-corrected chi connectivity index (χ2v) is 7.95. The molecule has 0 fully saturated rings. The average molecular weight is 422 g/mol. The maximum atomic E-state index is 12.9. The molecular formula is C21H21F3N2O2S. The maximum absolute atomic E-state index is 12.9. The van der Waals surface area contributed by atoms with Gasteiger partial charge in [-0.2, -0.15) is 13.2 Å². The standard InChI is InChI=1S/C21H21F3N2O2S/c1-3-12-6-5-7-15(14(12)4-2)25-19(27)11-18-20(28)26-16-10-13(21(22,23)24)8-9-17(16)29-18/h5-10,18H,3-4,11H2,1-2H3,(H,25,27)(H,26,28)/t18-/m1/s1. The SMILES string of the molecule is CCc1cccc(NC(=O)C[C@H]2Sc3ccc(C(F)(F)F)cc3NC2=O)c1CC. The van der Waals surface area contributed by atoms with E-state index in [1.165, 1.54) is 6.07 Å². The summed E-state index contributed by atoms with van der Waals surface area (Å²) in [5.41, 5.74) is 2.25. The third-order valence-corrected chi connectivity index (χ3v) is 6.05. The summed E-state index contributed by atoms with van der Waals surface area (Å²) >= 11 is 1.10. The summed E-state index contributed by atoms with van der Waals surface area (Å²) in [4.78, 5) is 25.4. The predicted octanol–water partition coefficient (Wildman–Crippen LogP) is 5.27. The van der Waals surface area contributed by atoms with Crippen molar-refractivity contribution in [3.63, 3.8) is 0 Å². The van der Waals surface area contributed by atoms with E-state index in [1.807, 2.05) is 32.0 Å². The number of alkyl halides is 3. The Morgan fingerprint density at radius 3 is 2.59 bits per heavy atom. The van der Waals surface area contributed by atoms with Gasteiger partial charge in [-0.25, -0.2) is 0 Å². The van der Waals surface area contributed by atoms with Crippen molar-refractivity contribution in [3.05, 3.63) is 53.1 Å². The Balaban J connectivity index is 1.72. The second-order valence-electron chi connectivity index (χ2n) is 6.71. The molecular weight excluding hydrogens is 401 g/mol. The quantitative estimate of drug-likeness (QED) is 0.690. The molecule has 2 aromatic rings. The number of carbonyl (C=O) groups is 2. The van der Waals surface area contributed by atoms with Crippen molar-refractivity contribution >= 4 is 35.0 Å². The van der Waals surface area contributed by atoms with Gasteiger partial charge >= 0.3 is 6.18 Å². The van der Waals surface area contributed by atoms with E-state index in [9.17, 15) is 22.8 Å². The molecule has 0 saturated carbocycles. The summed E-state index contributed by atoms with van der Waals surface area (Å²) < 4.78 is 38.6. The number of hydrogen-bond donors (Lipinski definition) is 2. The molecule has 1 aliphatic heterocycles. The van der Waals surface area contributed by atoms with Gasteiger partial charge in [0, 0.05) is 17.0 Å². The van der Waals surface area contributed by atoms with Gasteiger partial charge in [0.1, 0.15) is 0 Å². The average Bonchev–Trinajstić information content (AvgIpc) is 2.67. The number of carbonyl (C=O) groups excluding carboxylic acids is 2. The highest BCUT2D eigenvalue weighted by molar-refractivity contribution is 8.01. The Morgan fingerprint density at radius 2 is 1.93 bits per heavy atom. The number of rotatable bonds is 5. The molecule has 0 bridgehead atoms. The van der Waals surface area contributed by atoms with Crippen molar-refractivity contribution in [2.24, 2.45) is 0 Å². The predicted molar refractivity (Wildman–Crippen MR) is 108 cm³/mol. The van der Waals surface area contributed by atoms with Crippen LogP contribution in [0.25, 0.3) is 0 Å². The molecule has 1 aliphatic rings. The molecule has 154 valence electrons. The first-order chi connectivity index (χ1) is 13.7. The van der Waals surface area contributed by atoms with Gasteiger partial charge < -0.3 is 10.6 Å². The van der Waals surface area contributed by atoms with Gasteiger partial charge in [0.2, 0.25) is 11.8 Å². The fourth-order valence-electron chi connectivity index (χ4n) is 3.33. The van der Waals surface area contributed by atoms with Crippen LogP contribution < -0.4 is 10.6 Å². The van der Waals surface area contributed by atoms with E-state index in [0.717, 1.165) is 53.6 Å². The topological polar surface area (TPSA) is 58.2 Å². The Labute approximate surface area is 171 Å². The molecule has 0 saturated heterocycles. The second kappa shape index (κ2) is 8.49. The molecule has 29 heavy (non-hydrogen) atoms. The minimum Gasteiger partial charge on any atom is -0.326 e. The Bertz CT molecular complexity index is 944. The number of nitrogens with one attached hydrogen (secondary N) is 2. The molecule has 0 aliphatic carbocycles. The molecule has 0 radical (unpaired) electrons. The van der Waals surface area contributed by atoms with Crippen LogP contribution in [0.15, 0.2) is 41.3 Å². The number of hydrogen-bond acceptors (Lipinski definition) is 3. The fourth-order valence-corrected chi connectivity index (χ4v) is 4.42. The lowest BCUT2D eigenvalue weighted by Gasteiger charge is -2.24. The van der Waals surface area contributed by atoms with Crippen molar-refractivity contribution in [1.29, 1.82) is 0 Å². The van der Waals surface area contributed by atoms with Crippen LogP contribution in [0.2, 0.25) is 0 Å². The molecule has 1 atom stereocenters. The Hall–Kier alpha value is -2.48. The van der Waals surface area contributed by atoms with Gasteiger partial charge in [0.25, 0.3) is 0 Å². The molecule has 2 amide bonds. The lowest BCUT2D eigenvalue weighted by molar-refractivity contribution is -0.137. The Morgan fingerprint density at radius 1 is 1.17 bits per heavy atom.